The minimum atomic E-state index is -0.481. The van der Waals surface area contributed by atoms with Gasteiger partial charge in [-0.05, 0) is 38.1 Å². The van der Waals surface area contributed by atoms with Crippen LogP contribution in [0.5, 0.6) is 5.75 Å². The molecule has 0 atom stereocenters. The predicted molar refractivity (Wildman–Crippen MR) is 89.8 cm³/mol. The Hall–Kier alpha value is -2.67. The average Bonchev–Trinajstić information content (AvgIpc) is 2.84. The number of nitrogens with one attached hydrogen (secondary N) is 1. The fraction of sp³-hybridized carbons (Fsp3) is 0.188. The second-order valence-corrected chi connectivity index (χ2v) is 6.20. The summed E-state index contributed by atoms with van der Waals surface area (Å²) in [5, 5.41) is 2.70. The number of nitrogens with zero attached hydrogens (tertiary/aromatic N) is 2. The highest BCUT2D eigenvalue weighted by Crippen LogP contribution is 2.19. The highest BCUT2D eigenvalue weighted by Gasteiger charge is 2.16. The summed E-state index contributed by atoms with van der Waals surface area (Å²) in [4.78, 5) is 30.7. The van der Waals surface area contributed by atoms with Crippen LogP contribution >= 0.6 is 11.3 Å². The Morgan fingerprint density at radius 2 is 1.96 bits per heavy atom. The number of hydrogen-bond donors (Lipinski definition) is 1. The molecule has 3 aromatic rings. The summed E-state index contributed by atoms with van der Waals surface area (Å²) in [5.41, 5.74) is 1.04. The quantitative estimate of drug-likeness (QED) is 0.802. The number of anilines is 1. The van der Waals surface area contributed by atoms with Gasteiger partial charge in [0.25, 0.3) is 11.5 Å². The zero-order chi connectivity index (χ0) is 16.6. The molecule has 1 amide bonds. The molecule has 0 aliphatic carbocycles. The molecule has 0 saturated carbocycles. The summed E-state index contributed by atoms with van der Waals surface area (Å²) in [6, 6.07) is 6.88. The molecule has 6 nitrogen and oxygen atoms in total. The van der Waals surface area contributed by atoms with Crippen LogP contribution in [0.2, 0.25) is 0 Å². The first-order chi connectivity index (χ1) is 11.0. The SMILES string of the molecule is COc1ccc(NC(=O)c2cnc3sc(C)c(C)n3c2=O)cc1. The number of hydrogen-bond acceptors (Lipinski definition) is 5. The molecule has 0 bridgehead atoms. The lowest BCUT2D eigenvalue weighted by Crippen LogP contribution is -2.26. The molecule has 0 saturated heterocycles. The van der Waals surface area contributed by atoms with E-state index in [-0.39, 0.29) is 11.1 Å². The van der Waals surface area contributed by atoms with Gasteiger partial charge < -0.3 is 10.1 Å². The molecule has 118 valence electrons. The van der Waals surface area contributed by atoms with E-state index in [1.165, 1.54) is 21.9 Å². The lowest BCUT2D eigenvalue weighted by atomic mass is 10.2. The van der Waals surface area contributed by atoms with E-state index >= 15 is 0 Å². The van der Waals surface area contributed by atoms with Crippen LogP contribution < -0.4 is 15.6 Å². The van der Waals surface area contributed by atoms with Gasteiger partial charge in [-0.2, -0.15) is 0 Å². The van der Waals surface area contributed by atoms with Crippen LogP contribution in [0.1, 0.15) is 20.9 Å². The summed E-state index contributed by atoms with van der Waals surface area (Å²) >= 11 is 1.43. The Balaban J connectivity index is 1.95. The smallest absolute Gasteiger partial charge is 0.271 e. The molecule has 0 spiro atoms. The molecular formula is C16H15N3O3S. The van der Waals surface area contributed by atoms with Crippen LogP contribution in [0.15, 0.2) is 35.3 Å². The Labute approximate surface area is 136 Å². The molecular weight excluding hydrogens is 314 g/mol. The lowest BCUT2D eigenvalue weighted by Gasteiger charge is -2.06. The number of thiazole rings is 1. The maximum Gasteiger partial charge on any atom is 0.271 e. The first kappa shape index (κ1) is 15.2. The molecule has 7 heteroatoms. The predicted octanol–water partition coefficient (Wildman–Crippen LogP) is 2.63. The molecule has 0 unspecified atom stereocenters. The van der Waals surface area contributed by atoms with Gasteiger partial charge in [0.05, 0.1) is 7.11 Å². The fourth-order valence-electron chi connectivity index (χ4n) is 2.20. The van der Waals surface area contributed by atoms with Crippen molar-refractivity contribution in [1.29, 1.82) is 0 Å². The molecule has 3 rings (SSSR count). The molecule has 1 aromatic carbocycles. The number of aromatic nitrogens is 2. The second kappa shape index (κ2) is 5.85. The third-order valence-corrected chi connectivity index (χ3v) is 4.68. The zero-order valence-corrected chi connectivity index (χ0v) is 13.7. The van der Waals surface area contributed by atoms with Gasteiger partial charge >= 0.3 is 0 Å². The van der Waals surface area contributed by atoms with E-state index in [0.29, 0.717) is 16.4 Å². The minimum Gasteiger partial charge on any atom is -0.497 e. The number of amides is 1. The van der Waals surface area contributed by atoms with Crippen molar-refractivity contribution in [2.45, 2.75) is 13.8 Å². The second-order valence-electron chi connectivity index (χ2n) is 5.02. The van der Waals surface area contributed by atoms with Crippen LogP contribution in [-0.2, 0) is 0 Å². The van der Waals surface area contributed by atoms with E-state index in [1.54, 1.807) is 31.4 Å². The van der Waals surface area contributed by atoms with Crippen LogP contribution in [-0.4, -0.2) is 22.4 Å². The molecule has 2 aromatic heterocycles. The molecule has 1 N–H and O–H groups in total. The van der Waals surface area contributed by atoms with Crippen LogP contribution in [0.25, 0.3) is 4.96 Å². The molecule has 0 aliphatic rings. The summed E-state index contributed by atoms with van der Waals surface area (Å²) in [5.74, 6) is 0.209. The lowest BCUT2D eigenvalue weighted by molar-refractivity contribution is 0.102. The van der Waals surface area contributed by atoms with Gasteiger partial charge in [-0.1, -0.05) is 0 Å². The molecule has 23 heavy (non-hydrogen) atoms. The van der Waals surface area contributed by atoms with Gasteiger partial charge in [-0.25, -0.2) is 4.98 Å². The van der Waals surface area contributed by atoms with E-state index in [9.17, 15) is 9.59 Å². The third-order valence-electron chi connectivity index (χ3n) is 3.61. The van der Waals surface area contributed by atoms with E-state index in [1.807, 2.05) is 13.8 Å². The zero-order valence-electron chi connectivity index (χ0n) is 12.9. The Bertz CT molecular complexity index is 942. The average molecular weight is 329 g/mol. The number of aryl methyl sites for hydroxylation is 2. The third kappa shape index (κ3) is 2.70. The van der Waals surface area contributed by atoms with Crippen molar-refractivity contribution in [1.82, 2.24) is 9.38 Å². The van der Waals surface area contributed by atoms with E-state index in [2.05, 4.69) is 10.3 Å². The summed E-state index contributed by atoms with van der Waals surface area (Å²) in [7, 11) is 1.57. The van der Waals surface area contributed by atoms with Gasteiger partial charge in [-0.15, -0.1) is 11.3 Å². The summed E-state index contributed by atoms with van der Waals surface area (Å²) in [6.07, 6.45) is 1.33. The van der Waals surface area contributed by atoms with Crippen molar-refractivity contribution in [3.05, 3.63) is 57.0 Å². The Morgan fingerprint density at radius 1 is 1.26 bits per heavy atom. The summed E-state index contributed by atoms with van der Waals surface area (Å²) in [6.45, 7) is 3.76. The van der Waals surface area contributed by atoms with E-state index in [4.69, 9.17) is 4.74 Å². The molecule has 0 aliphatic heterocycles. The fourth-order valence-corrected chi connectivity index (χ4v) is 3.13. The van der Waals surface area contributed by atoms with Crippen LogP contribution in [0.3, 0.4) is 0 Å². The standard InChI is InChI=1S/C16H15N3O3S/c1-9-10(2)23-16-17-8-13(15(21)19(9)16)14(20)18-11-4-6-12(22-3)7-5-11/h4-8H,1-3H3,(H,18,20). The molecule has 0 fully saturated rings. The maximum atomic E-state index is 12.5. The topological polar surface area (TPSA) is 72.7 Å². The number of carbonyl (C=O) groups excluding carboxylic acids is 1. The van der Waals surface area contributed by atoms with Crippen molar-refractivity contribution >= 4 is 27.9 Å². The normalized spacial score (nSPS) is 10.7. The van der Waals surface area contributed by atoms with Crippen molar-refractivity contribution in [3.8, 4) is 5.75 Å². The van der Waals surface area contributed by atoms with Crippen molar-refractivity contribution in [2.24, 2.45) is 0 Å². The van der Waals surface area contributed by atoms with E-state index in [0.717, 1.165) is 10.6 Å². The van der Waals surface area contributed by atoms with Gasteiger partial charge in [0.15, 0.2) is 4.96 Å². The monoisotopic (exact) mass is 329 g/mol. The number of carbonyl (C=O) groups is 1. The number of ether oxygens (including phenoxy) is 1. The van der Waals surface area contributed by atoms with Gasteiger partial charge in [0.1, 0.15) is 11.3 Å². The Kier molecular flexibility index (Phi) is 3.87. The van der Waals surface area contributed by atoms with Crippen LogP contribution in [0, 0.1) is 13.8 Å². The van der Waals surface area contributed by atoms with Crippen molar-refractivity contribution < 1.29 is 9.53 Å². The van der Waals surface area contributed by atoms with Gasteiger partial charge in [0, 0.05) is 22.5 Å². The maximum absolute atomic E-state index is 12.5. The van der Waals surface area contributed by atoms with E-state index < -0.39 is 5.91 Å². The van der Waals surface area contributed by atoms with Gasteiger partial charge in [0.2, 0.25) is 0 Å². The minimum absolute atomic E-state index is 0.0132. The Morgan fingerprint density at radius 3 is 2.61 bits per heavy atom. The van der Waals surface area contributed by atoms with Crippen molar-refractivity contribution in [2.75, 3.05) is 12.4 Å². The highest BCUT2D eigenvalue weighted by atomic mass is 32.1. The highest BCUT2D eigenvalue weighted by molar-refractivity contribution is 7.17. The summed E-state index contributed by atoms with van der Waals surface area (Å²) < 4.78 is 6.54. The first-order valence-corrected chi connectivity index (χ1v) is 7.76. The molecule has 2 heterocycles. The van der Waals surface area contributed by atoms with Crippen molar-refractivity contribution in [3.63, 3.8) is 0 Å². The number of benzene rings is 1. The number of rotatable bonds is 3. The van der Waals surface area contributed by atoms with Crippen LogP contribution in [0.4, 0.5) is 5.69 Å². The largest absolute Gasteiger partial charge is 0.497 e. The first-order valence-electron chi connectivity index (χ1n) is 6.94. The molecule has 0 radical (unpaired) electrons. The van der Waals surface area contributed by atoms with Gasteiger partial charge in [-0.3, -0.25) is 14.0 Å². The number of methoxy groups -OCH3 is 1. The number of fused-ring (bicyclic) bond motifs is 1.